The Kier molecular flexibility index (Phi) is 5.77. The molecule has 0 fully saturated rings. The number of imide groups is 1. The molecule has 1 aliphatic heterocycles. The van der Waals surface area contributed by atoms with Crippen LogP contribution < -0.4 is 10.2 Å². The Balaban J connectivity index is 1.48. The Bertz CT molecular complexity index is 1110. The average molecular weight is 416 g/mol. The molecule has 31 heavy (non-hydrogen) atoms. The van der Waals surface area contributed by atoms with Crippen LogP contribution in [0.4, 0.5) is 0 Å². The summed E-state index contributed by atoms with van der Waals surface area (Å²) in [5, 5.41) is 0. The molecule has 1 heterocycles. The van der Waals surface area contributed by atoms with E-state index < -0.39 is 5.91 Å². The summed E-state index contributed by atoms with van der Waals surface area (Å²) < 4.78 is 5.29. The fourth-order valence-corrected chi connectivity index (χ4v) is 3.41. The van der Waals surface area contributed by atoms with Crippen molar-refractivity contribution in [3.8, 4) is 5.75 Å². The second-order valence-electron chi connectivity index (χ2n) is 6.98. The third-order valence-corrected chi connectivity index (χ3v) is 4.97. The van der Waals surface area contributed by atoms with Crippen molar-refractivity contribution < 1.29 is 24.0 Å². The van der Waals surface area contributed by atoms with Crippen LogP contribution in [0.5, 0.6) is 5.75 Å². The van der Waals surface area contributed by atoms with Gasteiger partial charge in [0.05, 0.1) is 37.0 Å². The molecule has 0 spiro atoms. The molecule has 0 radical (unpaired) electrons. The highest BCUT2D eigenvalue weighted by molar-refractivity contribution is 6.21. The number of hydrogen-bond donors (Lipinski definition) is 1. The first-order chi connectivity index (χ1) is 15.1. The fraction of sp³-hybridized carbons (Fsp3) is 0.125. The molecule has 3 amide bonds. The van der Waals surface area contributed by atoms with Gasteiger partial charge in [0.25, 0.3) is 17.7 Å². The van der Waals surface area contributed by atoms with Crippen LogP contribution in [0.1, 0.15) is 42.2 Å². The van der Waals surface area contributed by atoms with E-state index in [1.54, 1.807) is 42.5 Å². The molecular formula is C24H20N2O5. The van der Waals surface area contributed by atoms with E-state index in [0.717, 1.165) is 5.56 Å². The Hall–Kier alpha value is -3.97. The molecule has 0 aliphatic carbocycles. The van der Waals surface area contributed by atoms with Crippen LogP contribution >= 0.6 is 0 Å². The molecule has 0 atom stereocenters. The van der Waals surface area contributed by atoms with E-state index in [1.807, 2.05) is 30.3 Å². The lowest BCUT2D eigenvalue weighted by atomic mass is 10.1. The zero-order chi connectivity index (χ0) is 21.8. The molecule has 3 aromatic rings. The average Bonchev–Trinajstić information content (AvgIpc) is 3.04. The SMILES string of the molecule is COc1ccc(CN2C(=O)c3ccccc3C2=O)cc1C(=O)NOCc1ccccc1. The van der Waals surface area contributed by atoms with Gasteiger partial charge in [-0.25, -0.2) is 5.48 Å². The number of ether oxygens (including phenoxy) is 1. The van der Waals surface area contributed by atoms with Gasteiger partial charge in [-0.1, -0.05) is 48.5 Å². The summed E-state index contributed by atoms with van der Waals surface area (Å²) in [6.07, 6.45) is 0. The van der Waals surface area contributed by atoms with Crippen molar-refractivity contribution in [3.05, 3.63) is 101 Å². The largest absolute Gasteiger partial charge is 0.496 e. The Labute approximate surface area is 179 Å². The quantitative estimate of drug-likeness (QED) is 0.472. The van der Waals surface area contributed by atoms with Crippen LogP contribution in [0.3, 0.4) is 0 Å². The number of fused-ring (bicyclic) bond motifs is 1. The molecule has 4 rings (SSSR count). The van der Waals surface area contributed by atoms with Crippen molar-refractivity contribution in [2.45, 2.75) is 13.2 Å². The van der Waals surface area contributed by atoms with Crippen molar-refractivity contribution in [2.24, 2.45) is 0 Å². The van der Waals surface area contributed by atoms with Gasteiger partial charge in [-0.15, -0.1) is 0 Å². The summed E-state index contributed by atoms with van der Waals surface area (Å²) in [6.45, 7) is 0.255. The van der Waals surface area contributed by atoms with Gasteiger partial charge in [-0.2, -0.15) is 0 Å². The van der Waals surface area contributed by atoms with E-state index in [0.29, 0.717) is 22.4 Å². The van der Waals surface area contributed by atoms with E-state index >= 15 is 0 Å². The van der Waals surface area contributed by atoms with Gasteiger partial charge in [0.2, 0.25) is 0 Å². The smallest absolute Gasteiger partial charge is 0.278 e. The van der Waals surface area contributed by atoms with Crippen molar-refractivity contribution in [3.63, 3.8) is 0 Å². The molecule has 7 nitrogen and oxygen atoms in total. The second kappa shape index (κ2) is 8.81. The molecule has 1 aliphatic rings. The Morgan fingerprint density at radius 2 is 1.52 bits per heavy atom. The van der Waals surface area contributed by atoms with Crippen molar-refractivity contribution in [1.29, 1.82) is 0 Å². The number of rotatable bonds is 7. The van der Waals surface area contributed by atoms with Gasteiger partial charge < -0.3 is 4.74 Å². The van der Waals surface area contributed by atoms with E-state index in [4.69, 9.17) is 9.57 Å². The number of benzene rings is 3. The highest BCUT2D eigenvalue weighted by Crippen LogP contribution is 2.26. The molecule has 0 bridgehead atoms. The summed E-state index contributed by atoms with van der Waals surface area (Å²) in [7, 11) is 1.46. The van der Waals surface area contributed by atoms with E-state index in [2.05, 4.69) is 5.48 Å². The number of amides is 3. The number of nitrogens with one attached hydrogen (secondary N) is 1. The molecule has 7 heteroatoms. The Morgan fingerprint density at radius 1 is 0.871 bits per heavy atom. The highest BCUT2D eigenvalue weighted by atomic mass is 16.6. The van der Waals surface area contributed by atoms with E-state index in [-0.39, 0.29) is 30.5 Å². The lowest BCUT2D eigenvalue weighted by molar-refractivity contribution is 0.0231. The van der Waals surface area contributed by atoms with Crippen LogP contribution in [-0.2, 0) is 18.0 Å². The van der Waals surface area contributed by atoms with Crippen molar-refractivity contribution >= 4 is 17.7 Å². The summed E-state index contributed by atoms with van der Waals surface area (Å²) in [5.41, 5.74) is 4.94. The summed E-state index contributed by atoms with van der Waals surface area (Å²) in [5.74, 6) is -0.842. The number of carbonyl (C=O) groups excluding carboxylic acids is 3. The van der Waals surface area contributed by atoms with Gasteiger partial charge in [0.1, 0.15) is 5.75 Å². The topological polar surface area (TPSA) is 84.9 Å². The van der Waals surface area contributed by atoms with Crippen molar-refractivity contribution in [2.75, 3.05) is 7.11 Å². The zero-order valence-electron chi connectivity index (χ0n) is 16.8. The number of hydrogen-bond acceptors (Lipinski definition) is 5. The first-order valence-corrected chi connectivity index (χ1v) is 9.66. The molecular weight excluding hydrogens is 396 g/mol. The van der Waals surface area contributed by atoms with E-state index in [1.165, 1.54) is 12.0 Å². The van der Waals surface area contributed by atoms with Crippen LogP contribution in [0, 0.1) is 0 Å². The summed E-state index contributed by atoms with van der Waals surface area (Å²) in [4.78, 5) is 44.3. The van der Waals surface area contributed by atoms with Crippen LogP contribution in [0.2, 0.25) is 0 Å². The molecule has 156 valence electrons. The molecule has 3 aromatic carbocycles. The predicted molar refractivity (Wildman–Crippen MR) is 112 cm³/mol. The highest BCUT2D eigenvalue weighted by Gasteiger charge is 2.35. The molecule has 0 unspecified atom stereocenters. The van der Waals surface area contributed by atoms with Crippen LogP contribution in [0.25, 0.3) is 0 Å². The number of methoxy groups -OCH3 is 1. The number of nitrogens with zero attached hydrogens (tertiary/aromatic N) is 1. The van der Waals surface area contributed by atoms with Gasteiger partial charge in [0.15, 0.2) is 0 Å². The van der Waals surface area contributed by atoms with Gasteiger partial charge in [-0.3, -0.25) is 24.1 Å². The van der Waals surface area contributed by atoms with Gasteiger partial charge in [-0.05, 0) is 35.4 Å². The number of carbonyl (C=O) groups is 3. The number of hydroxylamine groups is 1. The monoisotopic (exact) mass is 416 g/mol. The summed E-state index contributed by atoms with van der Waals surface area (Å²) in [6, 6.07) is 21.1. The minimum absolute atomic E-state index is 0.0431. The lowest BCUT2D eigenvalue weighted by Gasteiger charge is -2.16. The molecule has 0 aromatic heterocycles. The maximum atomic E-state index is 12.6. The maximum Gasteiger partial charge on any atom is 0.278 e. The first kappa shape index (κ1) is 20.3. The minimum Gasteiger partial charge on any atom is -0.496 e. The third-order valence-electron chi connectivity index (χ3n) is 4.97. The van der Waals surface area contributed by atoms with Crippen molar-refractivity contribution in [1.82, 2.24) is 10.4 Å². The fourth-order valence-electron chi connectivity index (χ4n) is 3.41. The lowest BCUT2D eigenvalue weighted by Crippen LogP contribution is -2.29. The van der Waals surface area contributed by atoms with Crippen LogP contribution in [-0.4, -0.2) is 29.7 Å². The molecule has 1 N–H and O–H groups in total. The Morgan fingerprint density at radius 3 is 2.16 bits per heavy atom. The maximum absolute atomic E-state index is 12.6. The predicted octanol–water partition coefficient (Wildman–Crippen LogP) is 3.35. The standard InChI is InChI=1S/C24H20N2O5/c1-30-21-12-11-17(14-26-23(28)18-9-5-6-10-19(18)24(26)29)13-20(21)22(27)25-31-15-16-7-3-2-4-8-16/h2-13H,14-15H2,1H3,(H,25,27). The second-order valence-corrected chi connectivity index (χ2v) is 6.98. The van der Waals surface area contributed by atoms with Gasteiger partial charge >= 0.3 is 0 Å². The third kappa shape index (κ3) is 4.17. The molecule has 0 saturated carbocycles. The van der Waals surface area contributed by atoms with Gasteiger partial charge in [0, 0.05) is 0 Å². The normalized spacial score (nSPS) is 12.6. The summed E-state index contributed by atoms with van der Waals surface area (Å²) >= 11 is 0. The molecule has 0 saturated heterocycles. The van der Waals surface area contributed by atoms with Crippen LogP contribution in [0.15, 0.2) is 72.8 Å². The minimum atomic E-state index is -0.489. The first-order valence-electron chi connectivity index (χ1n) is 9.66. The zero-order valence-corrected chi connectivity index (χ0v) is 16.8. The van der Waals surface area contributed by atoms with E-state index in [9.17, 15) is 14.4 Å².